The molecule has 1 atom stereocenters. The lowest BCUT2D eigenvalue weighted by atomic mass is 9.98. The Balaban J connectivity index is 1.38. The van der Waals surface area contributed by atoms with Gasteiger partial charge < -0.3 is 25.2 Å². The maximum absolute atomic E-state index is 12.6. The quantitative estimate of drug-likeness (QED) is 0.415. The molecule has 0 saturated heterocycles. The molecule has 0 radical (unpaired) electrons. The average molecular weight is 475 g/mol. The molecular formula is C27H26N2O6. The van der Waals surface area contributed by atoms with Crippen molar-refractivity contribution in [2.24, 2.45) is 0 Å². The number of aliphatic carboxylic acids is 1. The van der Waals surface area contributed by atoms with Crippen molar-refractivity contribution in [3.05, 3.63) is 95.6 Å². The fourth-order valence-electron chi connectivity index (χ4n) is 4.12. The summed E-state index contributed by atoms with van der Waals surface area (Å²) in [4.78, 5) is 36.0. The van der Waals surface area contributed by atoms with E-state index in [9.17, 15) is 14.4 Å². The third-order valence-electron chi connectivity index (χ3n) is 5.76. The number of carboxylic acids is 1. The van der Waals surface area contributed by atoms with E-state index in [1.165, 1.54) is 0 Å². The highest BCUT2D eigenvalue weighted by atomic mass is 16.5. The highest BCUT2D eigenvalue weighted by molar-refractivity contribution is 5.88. The van der Waals surface area contributed by atoms with Crippen LogP contribution >= 0.6 is 0 Å². The molecule has 1 aliphatic rings. The highest BCUT2D eigenvalue weighted by Gasteiger charge is 2.30. The van der Waals surface area contributed by atoms with Gasteiger partial charge in [0.2, 0.25) is 5.91 Å². The Hall–Kier alpha value is -4.17. The zero-order valence-corrected chi connectivity index (χ0v) is 19.0. The summed E-state index contributed by atoms with van der Waals surface area (Å²) in [5.41, 5.74) is 5.26. The third kappa shape index (κ3) is 6.04. The number of ether oxygens (including phenoxy) is 2. The number of hydrogen-bond donors (Lipinski definition) is 3. The third-order valence-corrected chi connectivity index (χ3v) is 5.76. The molecule has 3 aromatic rings. The minimum Gasteiger partial charge on any atom is -0.480 e. The lowest BCUT2D eigenvalue weighted by Crippen LogP contribution is -2.50. The van der Waals surface area contributed by atoms with Crippen LogP contribution in [0.1, 0.15) is 22.6 Å². The summed E-state index contributed by atoms with van der Waals surface area (Å²) in [7, 11) is 0. The molecule has 0 bridgehead atoms. The Kier molecular flexibility index (Phi) is 7.74. The standard InChI is InChI=1S/C27H26N2O6/c30-25(31)14-28-26(32)24(17-34-15-18-8-2-1-3-9-18)29-27(33)35-16-23-21-12-6-4-10-19(21)20-11-5-7-13-22(20)23/h1-13,23-24H,14-17H2,(H,28,32)(H,29,33)(H,30,31)/t24-/m0/s1. The molecule has 0 fully saturated rings. The number of benzene rings is 3. The van der Waals surface area contributed by atoms with Gasteiger partial charge in [-0.15, -0.1) is 0 Å². The van der Waals surface area contributed by atoms with Crippen LogP contribution in [0.15, 0.2) is 78.9 Å². The van der Waals surface area contributed by atoms with Crippen LogP contribution in [0.2, 0.25) is 0 Å². The fourth-order valence-corrected chi connectivity index (χ4v) is 4.12. The molecule has 0 saturated carbocycles. The summed E-state index contributed by atoms with van der Waals surface area (Å²) in [6, 6.07) is 24.2. The van der Waals surface area contributed by atoms with Crippen molar-refractivity contribution in [2.45, 2.75) is 18.6 Å². The molecule has 3 aromatic carbocycles. The number of fused-ring (bicyclic) bond motifs is 3. The van der Waals surface area contributed by atoms with Gasteiger partial charge in [0.15, 0.2) is 0 Å². The second-order valence-electron chi connectivity index (χ2n) is 8.13. The smallest absolute Gasteiger partial charge is 0.407 e. The van der Waals surface area contributed by atoms with Gasteiger partial charge in [-0.1, -0.05) is 78.9 Å². The number of hydrogen-bond acceptors (Lipinski definition) is 5. The van der Waals surface area contributed by atoms with Crippen molar-refractivity contribution in [3.63, 3.8) is 0 Å². The summed E-state index contributed by atoms with van der Waals surface area (Å²) in [6.45, 7) is -0.394. The van der Waals surface area contributed by atoms with Gasteiger partial charge in [0.1, 0.15) is 19.2 Å². The van der Waals surface area contributed by atoms with E-state index < -0.39 is 30.6 Å². The first-order valence-corrected chi connectivity index (χ1v) is 11.3. The predicted octanol–water partition coefficient (Wildman–Crippen LogP) is 3.31. The van der Waals surface area contributed by atoms with Crippen molar-refractivity contribution in [1.29, 1.82) is 0 Å². The van der Waals surface area contributed by atoms with Gasteiger partial charge in [-0.2, -0.15) is 0 Å². The van der Waals surface area contributed by atoms with E-state index in [1.54, 1.807) is 0 Å². The Morgan fingerprint density at radius 3 is 2.09 bits per heavy atom. The summed E-state index contributed by atoms with van der Waals surface area (Å²) >= 11 is 0. The van der Waals surface area contributed by atoms with E-state index in [0.717, 1.165) is 27.8 Å². The maximum Gasteiger partial charge on any atom is 0.407 e. The van der Waals surface area contributed by atoms with Crippen LogP contribution in [0.5, 0.6) is 0 Å². The van der Waals surface area contributed by atoms with Gasteiger partial charge in [-0.25, -0.2) is 4.79 Å². The summed E-state index contributed by atoms with van der Waals surface area (Å²) in [6.07, 6.45) is -0.786. The number of amides is 2. The first-order valence-electron chi connectivity index (χ1n) is 11.3. The SMILES string of the molecule is O=C(O)CNC(=O)[C@H](COCc1ccccc1)NC(=O)OCC1c2ccccc2-c2ccccc21. The van der Waals surface area contributed by atoms with Gasteiger partial charge in [0, 0.05) is 5.92 Å². The molecule has 2 amide bonds. The number of nitrogens with one attached hydrogen (secondary N) is 2. The van der Waals surface area contributed by atoms with Gasteiger partial charge in [-0.3, -0.25) is 9.59 Å². The minimum absolute atomic E-state index is 0.0915. The summed E-state index contributed by atoms with van der Waals surface area (Å²) < 4.78 is 11.1. The number of carbonyl (C=O) groups excluding carboxylic acids is 2. The molecule has 0 aliphatic heterocycles. The number of carbonyl (C=O) groups is 3. The lowest BCUT2D eigenvalue weighted by molar-refractivity contribution is -0.138. The Labute approximate surface area is 202 Å². The molecule has 0 aromatic heterocycles. The first kappa shape index (κ1) is 24.0. The molecule has 0 spiro atoms. The highest BCUT2D eigenvalue weighted by Crippen LogP contribution is 2.44. The van der Waals surface area contributed by atoms with Crippen LogP contribution in [0, 0.1) is 0 Å². The van der Waals surface area contributed by atoms with Crippen LogP contribution in [0.4, 0.5) is 4.79 Å². The Morgan fingerprint density at radius 1 is 0.857 bits per heavy atom. The predicted molar refractivity (Wildman–Crippen MR) is 129 cm³/mol. The van der Waals surface area contributed by atoms with E-state index in [4.69, 9.17) is 14.6 Å². The van der Waals surface area contributed by atoms with Crippen LogP contribution in [-0.4, -0.2) is 48.9 Å². The molecule has 0 heterocycles. The molecular weight excluding hydrogens is 448 g/mol. The molecule has 3 N–H and O–H groups in total. The Morgan fingerprint density at radius 2 is 1.46 bits per heavy atom. The van der Waals surface area contributed by atoms with E-state index in [1.807, 2.05) is 78.9 Å². The number of carboxylic acid groups (broad SMARTS) is 1. The van der Waals surface area contributed by atoms with Crippen LogP contribution in [-0.2, 0) is 25.7 Å². The molecule has 35 heavy (non-hydrogen) atoms. The second-order valence-corrected chi connectivity index (χ2v) is 8.13. The molecule has 8 nitrogen and oxygen atoms in total. The van der Waals surface area contributed by atoms with Crippen molar-refractivity contribution in [1.82, 2.24) is 10.6 Å². The molecule has 0 unspecified atom stereocenters. The topological polar surface area (TPSA) is 114 Å². The van der Waals surface area contributed by atoms with Gasteiger partial charge in [0.05, 0.1) is 13.2 Å². The zero-order valence-electron chi connectivity index (χ0n) is 19.0. The minimum atomic E-state index is -1.19. The Bertz CT molecular complexity index is 1150. The lowest BCUT2D eigenvalue weighted by Gasteiger charge is -2.19. The van der Waals surface area contributed by atoms with E-state index >= 15 is 0 Å². The van der Waals surface area contributed by atoms with Crippen molar-refractivity contribution in [2.75, 3.05) is 19.8 Å². The number of alkyl carbamates (subject to hydrolysis) is 1. The van der Waals surface area contributed by atoms with E-state index in [-0.39, 0.29) is 25.7 Å². The normalized spacial score (nSPS) is 12.8. The summed E-state index contributed by atoms with van der Waals surface area (Å²) in [5, 5.41) is 13.6. The monoisotopic (exact) mass is 474 g/mol. The molecule has 4 rings (SSSR count). The fraction of sp³-hybridized carbons (Fsp3) is 0.222. The average Bonchev–Trinajstić information content (AvgIpc) is 3.19. The second kappa shape index (κ2) is 11.3. The zero-order chi connectivity index (χ0) is 24.6. The van der Waals surface area contributed by atoms with Crippen LogP contribution < -0.4 is 10.6 Å². The van der Waals surface area contributed by atoms with Crippen molar-refractivity contribution < 1.29 is 29.0 Å². The van der Waals surface area contributed by atoms with E-state index in [0.29, 0.717) is 0 Å². The van der Waals surface area contributed by atoms with Gasteiger partial charge in [-0.05, 0) is 27.8 Å². The molecule has 180 valence electrons. The van der Waals surface area contributed by atoms with Gasteiger partial charge in [0.25, 0.3) is 0 Å². The number of rotatable bonds is 10. The maximum atomic E-state index is 12.6. The van der Waals surface area contributed by atoms with Gasteiger partial charge >= 0.3 is 12.1 Å². The largest absolute Gasteiger partial charge is 0.480 e. The van der Waals surface area contributed by atoms with Crippen molar-refractivity contribution >= 4 is 18.0 Å². The molecule has 8 heteroatoms. The van der Waals surface area contributed by atoms with Crippen molar-refractivity contribution in [3.8, 4) is 11.1 Å². The summed E-state index contributed by atoms with van der Waals surface area (Å²) in [5.74, 6) is -1.99. The van der Waals surface area contributed by atoms with E-state index in [2.05, 4.69) is 10.6 Å². The first-order chi connectivity index (χ1) is 17.0. The van der Waals surface area contributed by atoms with Crippen LogP contribution in [0.25, 0.3) is 11.1 Å². The molecule has 1 aliphatic carbocycles. The van der Waals surface area contributed by atoms with Crippen LogP contribution in [0.3, 0.4) is 0 Å².